The maximum atomic E-state index is 12.9. The van der Waals surface area contributed by atoms with Crippen molar-refractivity contribution in [1.29, 1.82) is 0 Å². The third-order valence-electron chi connectivity index (χ3n) is 7.00. The molecule has 0 saturated carbocycles. The molecule has 0 spiro atoms. The van der Waals surface area contributed by atoms with Crippen LogP contribution in [0.2, 0.25) is 0 Å². The van der Waals surface area contributed by atoms with Crippen molar-refractivity contribution in [3.8, 4) is 0 Å². The number of aromatic nitrogens is 3. The number of benzene rings is 1. The SMILES string of the molecule is C=CC(=O)Cc1ccc(Nc2ccc([C@H](C)Nc3nc(N4C(=O)CC[C@@H]4C(C)C)c4sccc4n3)cc2)nc1. The minimum atomic E-state index is -0.0574. The molecule has 4 aromatic rings. The number of nitrogens with zero attached hydrogens (tertiary/aromatic N) is 4. The van der Waals surface area contributed by atoms with Crippen molar-refractivity contribution in [1.82, 2.24) is 15.0 Å². The van der Waals surface area contributed by atoms with Gasteiger partial charge in [0.15, 0.2) is 11.6 Å². The molecule has 0 aliphatic carbocycles. The predicted molar refractivity (Wildman–Crippen MR) is 158 cm³/mol. The summed E-state index contributed by atoms with van der Waals surface area (Å²) in [6.07, 6.45) is 4.72. The minimum absolute atomic E-state index is 0.0306. The van der Waals surface area contributed by atoms with Crippen molar-refractivity contribution < 1.29 is 9.59 Å². The lowest BCUT2D eigenvalue weighted by molar-refractivity contribution is -0.117. The Morgan fingerprint density at radius 1 is 1.15 bits per heavy atom. The third-order valence-corrected chi connectivity index (χ3v) is 7.90. The fraction of sp³-hybridized carbons (Fsp3) is 0.300. The summed E-state index contributed by atoms with van der Waals surface area (Å²) in [5, 5.41) is 8.72. The molecular formula is C30H32N6O2S. The van der Waals surface area contributed by atoms with Crippen LogP contribution in [0, 0.1) is 5.92 Å². The molecule has 5 rings (SSSR count). The molecule has 1 fully saturated rings. The van der Waals surface area contributed by atoms with Gasteiger partial charge in [-0.3, -0.25) is 14.5 Å². The zero-order valence-corrected chi connectivity index (χ0v) is 23.2. The molecule has 200 valence electrons. The summed E-state index contributed by atoms with van der Waals surface area (Å²) in [4.78, 5) is 40.3. The number of pyridine rings is 1. The molecule has 2 atom stereocenters. The minimum Gasteiger partial charge on any atom is -0.348 e. The Hall–Kier alpha value is -4.11. The Morgan fingerprint density at radius 3 is 2.64 bits per heavy atom. The number of carbonyl (C=O) groups excluding carboxylic acids is 2. The molecule has 0 radical (unpaired) electrons. The quantitative estimate of drug-likeness (QED) is 0.223. The number of anilines is 4. The van der Waals surface area contributed by atoms with E-state index in [1.54, 1.807) is 17.5 Å². The van der Waals surface area contributed by atoms with Crippen molar-refractivity contribution in [3.63, 3.8) is 0 Å². The lowest BCUT2D eigenvalue weighted by Gasteiger charge is -2.27. The van der Waals surface area contributed by atoms with Crippen LogP contribution < -0.4 is 15.5 Å². The van der Waals surface area contributed by atoms with Gasteiger partial charge in [-0.05, 0) is 66.1 Å². The van der Waals surface area contributed by atoms with Crippen LogP contribution in [0.15, 0.2) is 66.7 Å². The second-order valence-electron chi connectivity index (χ2n) is 10.1. The number of hydrogen-bond acceptors (Lipinski definition) is 8. The Morgan fingerprint density at radius 2 is 1.95 bits per heavy atom. The van der Waals surface area contributed by atoms with Gasteiger partial charge in [-0.15, -0.1) is 11.3 Å². The standard InChI is InChI=1S/C30H32N6O2S/c1-5-23(37)16-20-6-12-26(31-17-20)33-22-9-7-21(8-10-22)19(4)32-30-34-24-14-15-39-28(24)29(35-30)36-25(18(2)3)11-13-27(36)38/h5-10,12,14-15,17-19,25H,1,11,13,16H2,2-4H3,(H,31,33)(H,32,34,35)/t19-,25+/m0/s1. The molecule has 0 bridgehead atoms. The van der Waals surface area contributed by atoms with Crippen LogP contribution in [0.25, 0.3) is 10.2 Å². The summed E-state index contributed by atoms with van der Waals surface area (Å²) >= 11 is 1.57. The van der Waals surface area contributed by atoms with Crippen LogP contribution in [-0.4, -0.2) is 32.7 Å². The topological polar surface area (TPSA) is 100 Å². The second-order valence-corrected chi connectivity index (χ2v) is 11.0. The van der Waals surface area contributed by atoms with Crippen LogP contribution in [0.1, 0.15) is 50.8 Å². The summed E-state index contributed by atoms with van der Waals surface area (Å²) in [5.41, 5.74) is 3.66. The zero-order chi connectivity index (χ0) is 27.5. The van der Waals surface area contributed by atoms with Gasteiger partial charge in [0.2, 0.25) is 11.9 Å². The number of rotatable bonds is 10. The Kier molecular flexibility index (Phi) is 7.70. The summed E-state index contributed by atoms with van der Waals surface area (Å²) in [5.74, 6) is 2.35. The highest BCUT2D eigenvalue weighted by molar-refractivity contribution is 7.17. The van der Waals surface area contributed by atoms with Gasteiger partial charge >= 0.3 is 0 Å². The van der Waals surface area contributed by atoms with Gasteiger partial charge < -0.3 is 10.6 Å². The van der Waals surface area contributed by atoms with E-state index in [0.29, 0.717) is 36.3 Å². The first-order valence-corrected chi connectivity index (χ1v) is 14.0. The van der Waals surface area contributed by atoms with Gasteiger partial charge in [0.05, 0.1) is 16.3 Å². The van der Waals surface area contributed by atoms with Crippen molar-refractivity contribution in [2.45, 2.75) is 52.1 Å². The van der Waals surface area contributed by atoms with Gasteiger partial charge in [-0.25, -0.2) is 9.97 Å². The van der Waals surface area contributed by atoms with Crippen molar-refractivity contribution in [2.75, 3.05) is 15.5 Å². The maximum Gasteiger partial charge on any atom is 0.228 e. The van der Waals surface area contributed by atoms with E-state index >= 15 is 0 Å². The van der Waals surface area contributed by atoms with Gasteiger partial charge in [-0.2, -0.15) is 4.98 Å². The number of carbonyl (C=O) groups is 2. The molecule has 8 nitrogen and oxygen atoms in total. The number of amides is 1. The van der Waals surface area contributed by atoms with Gasteiger partial charge in [0, 0.05) is 30.8 Å². The number of thiophene rings is 1. The third kappa shape index (κ3) is 5.83. The Labute approximate surface area is 232 Å². The number of hydrogen-bond donors (Lipinski definition) is 2. The summed E-state index contributed by atoms with van der Waals surface area (Å²) in [7, 11) is 0. The molecule has 1 aliphatic rings. The molecular weight excluding hydrogens is 508 g/mol. The summed E-state index contributed by atoms with van der Waals surface area (Å²) < 4.78 is 0.943. The van der Waals surface area contributed by atoms with E-state index in [1.807, 2.05) is 52.7 Å². The smallest absolute Gasteiger partial charge is 0.228 e. The van der Waals surface area contributed by atoms with Crippen LogP contribution >= 0.6 is 11.3 Å². The molecule has 4 heterocycles. The molecule has 1 aromatic carbocycles. The van der Waals surface area contributed by atoms with Crippen molar-refractivity contribution >= 4 is 56.5 Å². The Balaban J connectivity index is 1.30. The van der Waals surface area contributed by atoms with Gasteiger partial charge in [0.25, 0.3) is 0 Å². The van der Waals surface area contributed by atoms with E-state index in [1.165, 1.54) is 6.08 Å². The van der Waals surface area contributed by atoms with Crippen LogP contribution in [0.5, 0.6) is 0 Å². The van der Waals surface area contributed by atoms with Gasteiger partial charge in [-0.1, -0.05) is 38.6 Å². The predicted octanol–water partition coefficient (Wildman–Crippen LogP) is 6.45. The number of ketones is 1. The van der Waals surface area contributed by atoms with E-state index in [2.05, 4.69) is 43.0 Å². The van der Waals surface area contributed by atoms with Crippen LogP contribution in [0.4, 0.5) is 23.3 Å². The summed E-state index contributed by atoms with van der Waals surface area (Å²) in [6.45, 7) is 9.87. The second kappa shape index (κ2) is 11.3. The monoisotopic (exact) mass is 540 g/mol. The van der Waals surface area contributed by atoms with Crippen molar-refractivity contribution in [2.24, 2.45) is 5.92 Å². The van der Waals surface area contributed by atoms with E-state index in [4.69, 9.17) is 9.97 Å². The average molecular weight is 541 g/mol. The van der Waals surface area contributed by atoms with Crippen molar-refractivity contribution in [3.05, 3.63) is 77.8 Å². The lowest BCUT2D eigenvalue weighted by Crippen LogP contribution is -2.37. The first-order chi connectivity index (χ1) is 18.8. The lowest BCUT2D eigenvalue weighted by atomic mass is 10.0. The molecule has 1 aliphatic heterocycles. The highest BCUT2D eigenvalue weighted by Gasteiger charge is 2.36. The molecule has 9 heteroatoms. The largest absolute Gasteiger partial charge is 0.348 e. The van der Waals surface area contributed by atoms with Crippen LogP contribution in [-0.2, 0) is 16.0 Å². The maximum absolute atomic E-state index is 12.9. The zero-order valence-electron chi connectivity index (χ0n) is 22.3. The van der Waals surface area contributed by atoms with E-state index < -0.39 is 0 Å². The Bertz CT molecular complexity index is 1500. The molecule has 2 N–H and O–H groups in total. The van der Waals surface area contributed by atoms with Crippen LogP contribution in [0.3, 0.4) is 0 Å². The molecule has 1 amide bonds. The van der Waals surface area contributed by atoms with Gasteiger partial charge in [0.1, 0.15) is 5.82 Å². The molecule has 0 unspecified atom stereocenters. The number of allylic oxidation sites excluding steroid dienone is 1. The van der Waals surface area contributed by atoms with E-state index in [-0.39, 0.29) is 23.8 Å². The molecule has 1 saturated heterocycles. The van der Waals surface area contributed by atoms with E-state index in [9.17, 15) is 9.59 Å². The number of nitrogens with one attached hydrogen (secondary N) is 2. The molecule has 39 heavy (non-hydrogen) atoms. The summed E-state index contributed by atoms with van der Waals surface area (Å²) in [6, 6.07) is 13.9. The number of fused-ring (bicyclic) bond motifs is 1. The normalized spacial score (nSPS) is 16.1. The van der Waals surface area contributed by atoms with E-state index in [0.717, 1.165) is 33.5 Å². The fourth-order valence-corrected chi connectivity index (χ4v) is 5.66. The first kappa shape index (κ1) is 26.5. The average Bonchev–Trinajstić information content (AvgIpc) is 3.56. The highest BCUT2D eigenvalue weighted by Crippen LogP contribution is 2.37. The molecule has 3 aromatic heterocycles. The highest BCUT2D eigenvalue weighted by atomic mass is 32.1. The fourth-order valence-electron chi connectivity index (χ4n) is 4.84. The first-order valence-electron chi connectivity index (χ1n) is 13.1.